The Morgan fingerprint density at radius 1 is 1.39 bits per heavy atom. The molecule has 1 saturated heterocycles. The first kappa shape index (κ1) is 15.9. The van der Waals surface area contributed by atoms with Crippen molar-refractivity contribution >= 4 is 11.9 Å². The highest BCUT2D eigenvalue weighted by molar-refractivity contribution is 5.69. The number of aromatic nitrogens is 1. The molecule has 0 saturated carbocycles. The monoisotopic (exact) mass is 319 g/mol. The lowest BCUT2D eigenvalue weighted by Gasteiger charge is -2.41. The molecule has 0 spiro atoms. The third-order valence-corrected chi connectivity index (χ3v) is 4.08. The van der Waals surface area contributed by atoms with Crippen molar-refractivity contribution in [2.24, 2.45) is 0 Å². The largest absolute Gasteiger partial charge is 0.490 e. The van der Waals surface area contributed by atoms with Crippen LogP contribution in [0.1, 0.15) is 32.8 Å². The van der Waals surface area contributed by atoms with Crippen LogP contribution in [0.3, 0.4) is 0 Å². The summed E-state index contributed by atoms with van der Waals surface area (Å²) in [7, 11) is 0. The maximum atomic E-state index is 12.3. The van der Waals surface area contributed by atoms with Gasteiger partial charge in [-0.15, -0.1) is 0 Å². The second-order valence-electron chi connectivity index (χ2n) is 7.25. The summed E-state index contributed by atoms with van der Waals surface area (Å²) in [6, 6.07) is 2.25. The van der Waals surface area contributed by atoms with Crippen molar-refractivity contribution in [3.05, 3.63) is 17.8 Å². The fourth-order valence-electron chi connectivity index (χ4n) is 3.04. The molecular weight excluding hydrogens is 294 g/mol. The van der Waals surface area contributed by atoms with Crippen molar-refractivity contribution < 1.29 is 14.3 Å². The zero-order valence-corrected chi connectivity index (χ0v) is 14.3. The van der Waals surface area contributed by atoms with Crippen LogP contribution < -0.4 is 9.64 Å². The van der Waals surface area contributed by atoms with Crippen LogP contribution in [0, 0.1) is 6.92 Å². The minimum Gasteiger partial charge on any atom is -0.490 e. The van der Waals surface area contributed by atoms with Crippen LogP contribution in [-0.2, 0) is 4.74 Å². The van der Waals surface area contributed by atoms with Gasteiger partial charge in [-0.3, -0.25) is 0 Å². The van der Waals surface area contributed by atoms with Crippen molar-refractivity contribution in [2.75, 3.05) is 31.1 Å². The first-order valence-electron chi connectivity index (χ1n) is 8.17. The molecule has 126 valence electrons. The van der Waals surface area contributed by atoms with E-state index < -0.39 is 5.60 Å². The Kier molecular flexibility index (Phi) is 4.08. The van der Waals surface area contributed by atoms with Crippen molar-refractivity contribution in [3.8, 4) is 5.75 Å². The van der Waals surface area contributed by atoms with Gasteiger partial charge < -0.3 is 19.3 Å². The number of amides is 1. The van der Waals surface area contributed by atoms with Crippen LogP contribution in [0.4, 0.5) is 10.6 Å². The fraction of sp³-hybridized carbons (Fsp3) is 0.647. The molecule has 2 aliphatic rings. The summed E-state index contributed by atoms with van der Waals surface area (Å²) >= 11 is 0. The Morgan fingerprint density at radius 3 is 2.91 bits per heavy atom. The summed E-state index contributed by atoms with van der Waals surface area (Å²) in [6.45, 7) is 10.4. The van der Waals surface area contributed by atoms with Gasteiger partial charge in [-0.2, -0.15) is 0 Å². The second-order valence-corrected chi connectivity index (χ2v) is 7.25. The molecule has 23 heavy (non-hydrogen) atoms. The van der Waals surface area contributed by atoms with E-state index in [2.05, 4.69) is 9.88 Å². The van der Waals surface area contributed by atoms with E-state index in [4.69, 9.17) is 9.47 Å². The number of hydrogen-bond donors (Lipinski definition) is 0. The number of fused-ring (bicyclic) bond motifs is 3. The van der Waals surface area contributed by atoms with E-state index in [9.17, 15) is 4.79 Å². The van der Waals surface area contributed by atoms with E-state index in [1.807, 2.05) is 40.0 Å². The van der Waals surface area contributed by atoms with Gasteiger partial charge in [-0.25, -0.2) is 9.78 Å². The molecule has 1 fully saturated rings. The standard InChI is InChI=1S/C17H25N3O3/c1-12-9-14-15(18-10-12)20-7-6-19(11-13(20)5-8-22-14)16(21)23-17(2,3)4/h9-10,13H,5-8,11H2,1-4H3. The smallest absolute Gasteiger partial charge is 0.410 e. The maximum absolute atomic E-state index is 12.3. The first-order chi connectivity index (χ1) is 10.8. The lowest BCUT2D eigenvalue weighted by molar-refractivity contribution is 0.0210. The number of hydrogen-bond acceptors (Lipinski definition) is 5. The summed E-state index contributed by atoms with van der Waals surface area (Å²) in [5.74, 6) is 1.74. The number of rotatable bonds is 0. The summed E-state index contributed by atoms with van der Waals surface area (Å²) in [6.07, 6.45) is 2.50. The molecule has 6 nitrogen and oxygen atoms in total. The zero-order valence-electron chi connectivity index (χ0n) is 14.3. The Balaban J connectivity index is 1.75. The molecule has 3 rings (SSSR count). The van der Waals surface area contributed by atoms with E-state index >= 15 is 0 Å². The highest BCUT2D eigenvalue weighted by Crippen LogP contribution is 2.33. The predicted molar refractivity (Wildman–Crippen MR) is 88.0 cm³/mol. The lowest BCUT2D eigenvalue weighted by atomic mass is 10.1. The number of aryl methyl sites for hydroxylation is 1. The summed E-state index contributed by atoms with van der Waals surface area (Å²) < 4.78 is 11.4. The Bertz CT molecular complexity index is 597. The van der Waals surface area contributed by atoms with Crippen molar-refractivity contribution in [3.63, 3.8) is 0 Å². The summed E-state index contributed by atoms with van der Waals surface area (Å²) in [5.41, 5.74) is 0.626. The Labute approximate surface area is 137 Å². The van der Waals surface area contributed by atoms with E-state index in [1.54, 1.807) is 4.90 Å². The average molecular weight is 319 g/mol. The number of carbonyl (C=O) groups excluding carboxylic acids is 1. The second kappa shape index (κ2) is 5.91. The fourth-order valence-corrected chi connectivity index (χ4v) is 3.04. The van der Waals surface area contributed by atoms with Crippen LogP contribution in [0.15, 0.2) is 12.3 Å². The van der Waals surface area contributed by atoms with Gasteiger partial charge in [0.05, 0.1) is 12.6 Å². The molecule has 6 heteroatoms. The van der Waals surface area contributed by atoms with Gasteiger partial charge in [0.15, 0.2) is 11.6 Å². The van der Waals surface area contributed by atoms with Gasteiger partial charge in [0.1, 0.15) is 5.60 Å². The van der Waals surface area contributed by atoms with E-state index in [1.165, 1.54) is 0 Å². The van der Waals surface area contributed by atoms with Crippen LogP contribution >= 0.6 is 0 Å². The third-order valence-electron chi connectivity index (χ3n) is 4.08. The molecule has 1 aromatic heterocycles. The number of piperazine rings is 1. The molecule has 1 atom stereocenters. The van der Waals surface area contributed by atoms with E-state index in [0.717, 1.165) is 30.1 Å². The molecule has 0 aromatic carbocycles. The minimum atomic E-state index is -0.466. The predicted octanol–water partition coefficient (Wildman–Crippen LogP) is 2.60. The van der Waals surface area contributed by atoms with Gasteiger partial charge in [0, 0.05) is 32.3 Å². The molecular formula is C17H25N3O3. The molecule has 0 radical (unpaired) electrons. The molecule has 1 unspecified atom stereocenters. The number of pyridine rings is 1. The number of anilines is 1. The van der Waals surface area contributed by atoms with Gasteiger partial charge in [-0.05, 0) is 39.3 Å². The van der Waals surface area contributed by atoms with Gasteiger partial charge in [0.2, 0.25) is 0 Å². The molecule has 0 N–H and O–H groups in total. The van der Waals surface area contributed by atoms with Gasteiger partial charge >= 0.3 is 6.09 Å². The Hall–Kier alpha value is -1.98. The number of ether oxygens (including phenoxy) is 2. The molecule has 3 heterocycles. The topological polar surface area (TPSA) is 54.9 Å². The number of carbonyl (C=O) groups is 1. The minimum absolute atomic E-state index is 0.215. The lowest BCUT2D eigenvalue weighted by Crippen LogP contribution is -2.55. The van der Waals surface area contributed by atoms with Crippen molar-refractivity contribution in [1.82, 2.24) is 9.88 Å². The van der Waals surface area contributed by atoms with Crippen molar-refractivity contribution in [2.45, 2.75) is 45.8 Å². The number of nitrogens with zero attached hydrogens (tertiary/aromatic N) is 3. The molecule has 0 aliphatic carbocycles. The van der Waals surface area contributed by atoms with Crippen LogP contribution in [0.5, 0.6) is 5.75 Å². The Morgan fingerprint density at radius 2 is 2.17 bits per heavy atom. The zero-order chi connectivity index (χ0) is 16.6. The van der Waals surface area contributed by atoms with Crippen LogP contribution in [0.2, 0.25) is 0 Å². The SMILES string of the molecule is Cc1cnc2c(c1)OCCC1CN(C(=O)OC(C)(C)C)CCN21. The van der Waals surface area contributed by atoms with Crippen LogP contribution in [0.25, 0.3) is 0 Å². The summed E-state index contributed by atoms with van der Waals surface area (Å²) in [5, 5.41) is 0. The maximum Gasteiger partial charge on any atom is 0.410 e. The molecule has 0 bridgehead atoms. The highest BCUT2D eigenvalue weighted by atomic mass is 16.6. The van der Waals surface area contributed by atoms with Gasteiger partial charge in [-0.1, -0.05) is 0 Å². The average Bonchev–Trinajstić information content (AvgIpc) is 2.63. The third kappa shape index (κ3) is 3.51. The normalized spacial score (nSPS) is 21.0. The van der Waals surface area contributed by atoms with E-state index in [0.29, 0.717) is 19.7 Å². The molecule has 2 aliphatic heterocycles. The van der Waals surface area contributed by atoms with Gasteiger partial charge in [0.25, 0.3) is 0 Å². The molecule has 1 amide bonds. The quantitative estimate of drug-likeness (QED) is 0.736. The van der Waals surface area contributed by atoms with E-state index in [-0.39, 0.29) is 12.1 Å². The molecule has 1 aromatic rings. The first-order valence-corrected chi connectivity index (χ1v) is 8.17. The summed E-state index contributed by atoms with van der Waals surface area (Å²) in [4.78, 5) is 20.9. The highest BCUT2D eigenvalue weighted by Gasteiger charge is 2.35. The van der Waals surface area contributed by atoms with Crippen molar-refractivity contribution in [1.29, 1.82) is 0 Å². The van der Waals surface area contributed by atoms with Crippen LogP contribution in [-0.4, -0.2) is 53.9 Å².